The minimum Gasteiger partial charge on any atom is -0.0984 e. The van der Waals surface area contributed by atoms with E-state index in [4.69, 9.17) is 0 Å². The Hall–Kier alpha value is -0.690. The van der Waals surface area contributed by atoms with Crippen molar-refractivity contribution < 1.29 is 0 Å². The Morgan fingerprint density at radius 2 is 2.00 bits per heavy atom. The molecule has 1 aromatic rings. The molecule has 1 aromatic carbocycles. The summed E-state index contributed by atoms with van der Waals surface area (Å²) in [6, 6.07) is 6.59. The van der Waals surface area contributed by atoms with Crippen molar-refractivity contribution in [2.24, 2.45) is 0 Å². The van der Waals surface area contributed by atoms with E-state index in [0.29, 0.717) is 0 Å². The molecule has 78 valence electrons. The fraction of sp³-hybridized carbons (Fsp3) is 0.385. The average molecular weight is 208 g/mol. The van der Waals surface area contributed by atoms with Gasteiger partial charge in [0.25, 0.3) is 0 Å². The van der Waals surface area contributed by atoms with Crippen molar-refractivity contribution in [3.63, 3.8) is 0 Å². The average Bonchev–Trinajstić information content (AvgIpc) is 2.24. The van der Waals surface area contributed by atoms with Crippen LogP contribution in [-0.4, -0.2) is 0 Å². The number of hydrogen-bond donors (Lipinski definition) is 0. The van der Waals surface area contributed by atoms with E-state index in [2.05, 4.69) is 38.6 Å². The van der Waals surface area contributed by atoms with Crippen molar-refractivity contribution in [1.82, 2.24) is 0 Å². The Kier molecular flexibility index (Phi) is 7.31. The molecular formula is C13H20S. The van der Waals surface area contributed by atoms with Crippen molar-refractivity contribution in [3.8, 4) is 0 Å². The largest absolute Gasteiger partial charge is 0.0984 e. The van der Waals surface area contributed by atoms with Crippen LogP contribution in [0.3, 0.4) is 0 Å². The molecule has 0 bridgehead atoms. The zero-order chi connectivity index (χ0) is 11.0. The molecular weight excluding hydrogens is 188 g/mol. The van der Waals surface area contributed by atoms with Crippen molar-refractivity contribution in [2.75, 3.05) is 0 Å². The van der Waals surface area contributed by atoms with Gasteiger partial charge in [-0.2, -0.15) is 0 Å². The van der Waals surface area contributed by atoms with Gasteiger partial charge in [-0.15, -0.1) is 0 Å². The highest BCUT2D eigenvalue weighted by Gasteiger charge is 1.97. The van der Waals surface area contributed by atoms with Gasteiger partial charge in [0.05, 0.1) is 0 Å². The summed E-state index contributed by atoms with van der Waals surface area (Å²) in [4.78, 5) is 1.32. The van der Waals surface area contributed by atoms with E-state index in [1.807, 2.05) is 19.3 Å². The second-order valence-electron chi connectivity index (χ2n) is 2.74. The van der Waals surface area contributed by atoms with Crippen LogP contribution in [0.5, 0.6) is 0 Å². The predicted octanol–water partition coefficient (Wildman–Crippen LogP) is 4.82. The first-order valence-electron chi connectivity index (χ1n) is 5.15. The van der Waals surface area contributed by atoms with Crippen LogP contribution in [0.15, 0.2) is 35.1 Å². The highest BCUT2D eigenvalue weighted by atomic mass is 32.2. The van der Waals surface area contributed by atoms with Crippen LogP contribution in [-0.2, 0) is 6.42 Å². The lowest BCUT2D eigenvalue weighted by Crippen LogP contribution is -1.83. The van der Waals surface area contributed by atoms with Gasteiger partial charge in [0, 0.05) is 4.90 Å². The van der Waals surface area contributed by atoms with E-state index in [-0.39, 0.29) is 0 Å². The quantitative estimate of drug-likeness (QED) is 0.642. The van der Waals surface area contributed by atoms with E-state index >= 15 is 0 Å². The Bertz CT molecular complexity index is 277. The summed E-state index contributed by atoms with van der Waals surface area (Å²) >= 11 is 1.70. The molecule has 0 aliphatic carbocycles. The van der Waals surface area contributed by atoms with Crippen LogP contribution in [0.4, 0.5) is 0 Å². The summed E-state index contributed by atoms with van der Waals surface area (Å²) in [6.07, 6.45) is 1.10. The highest BCUT2D eigenvalue weighted by molar-refractivity contribution is 8.02. The van der Waals surface area contributed by atoms with Crippen molar-refractivity contribution in [3.05, 3.63) is 41.3 Å². The first-order chi connectivity index (χ1) is 6.77. The zero-order valence-corrected chi connectivity index (χ0v) is 10.4. The molecule has 0 saturated carbocycles. The molecule has 0 nitrogen and oxygen atoms in total. The highest BCUT2D eigenvalue weighted by Crippen LogP contribution is 2.24. The number of rotatable bonds is 3. The third-order valence-corrected chi connectivity index (χ3v) is 2.73. The van der Waals surface area contributed by atoms with Gasteiger partial charge in [0.2, 0.25) is 0 Å². The van der Waals surface area contributed by atoms with Gasteiger partial charge in [0.15, 0.2) is 0 Å². The smallest absolute Gasteiger partial charge is 0.0148 e. The second kappa shape index (κ2) is 7.69. The predicted molar refractivity (Wildman–Crippen MR) is 68.0 cm³/mol. The molecule has 0 saturated heterocycles. The molecule has 0 heterocycles. The van der Waals surface area contributed by atoms with Gasteiger partial charge in [-0.25, -0.2) is 0 Å². The maximum atomic E-state index is 3.72. The fourth-order valence-corrected chi connectivity index (χ4v) is 1.73. The zero-order valence-electron chi connectivity index (χ0n) is 9.63. The van der Waals surface area contributed by atoms with E-state index < -0.39 is 0 Å². The van der Waals surface area contributed by atoms with E-state index in [0.717, 1.165) is 6.42 Å². The van der Waals surface area contributed by atoms with Gasteiger partial charge < -0.3 is 0 Å². The number of benzene rings is 1. The summed E-state index contributed by atoms with van der Waals surface area (Å²) in [5.41, 5.74) is 2.72. The van der Waals surface area contributed by atoms with Gasteiger partial charge >= 0.3 is 0 Å². The number of aryl methyl sites for hydroxylation is 2. The van der Waals surface area contributed by atoms with Crippen LogP contribution >= 0.6 is 11.8 Å². The summed E-state index contributed by atoms with van der Waals surface area (Å²) in [6.45, 7) is 12.0. The molecule has 0 unspecified atom stereocenters. The minimum absolute atomic E-state index is 1.10. The third-order valence-electron chi connectivity index (χ3n) is 1.87. The van der Waals surface area contributed by atoms with Crippen molar-refractivity contribution >= 4 is 11.8 Å². The lowest BCUT2D eigenvalue weighted by Gasteiger charge is -2.04. The Morgan fingerprint density at radius 3 is 2.50 bits per heavy atom. The first kappa shape index (κ1) is 13.3. The number of thioether (sulfide) groups is 1. The Balaban J connectivity index is 0.000000791. The van der Waals surface area contributed by atoms with E-state index in [9.17, 15) is 0 Å². The standard InChI is InChI=1S/C11H14S.C2H6/c1-4-10-7-6-9(3)11(8-10)12-5-2;1-2/h5-8H,2,4H2,1,3H3;1-2H3. The van der Waals surface area contributed by atoms with Gasteiger partial charge in [0.1, 0.15) is 0 Å². The van der Waals surface area contributed by atoms with E-state index in [1.54, 1.807) is 11.8 Å². The fourth-order valence-electron chi connectivity index (χ4n) is 1.08. The van der Waals surface area contributed by atoms with Crippen LogP contribution in [0.1, 0.15) is 31.9 Å². The van der Waals surface area contributed by atoms with Crippen molar-refractivity contribution in [1.29, 1.82) is 0 Å². The SMILES string of the molecule is C=CSc1cc(CC)ccc1C.CC. The maximum Gasteiger partial charge on any atom is 0.0148 e. The number of hydrogen-bond acceptors (Lipinski definition) is 1. The molecule has 0 aromatic heterocycles. The maximum absolute atomic E-state index is 3.72. The molecule has 0 atom stereocenters. The van der Waals surface area contributed by atoms with Crippen LogP contribution < -0.4 is 0 Å². The summed E-state index contributed by atoms with van der Waals surface area (Å²) < 4.78 is 0. The molecule has 1 heteroatoms. The Morgan fingerprint density at radius 1 is 1.36 bits per heavy atom. The van der Waals surface area contributed by atoms with Gasteiger partial charge in [-0.05, 0) is 35.9 Å². The van der Waals surface area contributed by atoms with Crippen molar-refractivity contribution in [2.45, 2.75) is 39.0 Å². The van der Waals surface area contributed by atoms with Gasteiger partial charge in [-0.3, -0.25) is 0 Å². The van der Waals surface area contributed by atoms with E-state index in [1.165, 1.54) is 16.0 Å². The summed E-state index contributed by atoms with van der Waals surface area (Å²) in [5.74, 6) is 0. The monoisotopic (exact) mass is 208 g/mol. The molecule has 14 heavy (non-hydrogen) atoms. The molecule has 1 rings (SSSR count). The topological polar surface area (TPSA) is 0 Å². The second-order valence-corrected chi connectivity index (χ2v) is 3.75. The normalized spacial score (nSPS) is 8.86. The van der Waals surface area contributed by atoms with Crippen LogP contribution in [0, 0.1) is 6.92 Å². The summed E-state index contributed by atoms with van der Waals surface area (Å²) in [7, 11) is 0. The third kappa shape index (κ3) is 4.01. The van der Waals surface area contributed by atoms with Gasteiger partial charge in [-0.1, -0.05) is 51.2 Å². The molecule has 0 fully saturated rings. The summed E-state index contributed by atoms with van der Waals surface area (Å²) in [5, 5.41) is 1.88. The molecule has 0 spiro atoms. The van der Waals surface area contributed by atoms with Crippen LogP contribution in [0.25, 0.3) is 0 Å². The van der Waals surface area contributed by atoms with Crippen LogP contribution in [0.2, 0.25) is 0 Å². The minimum atomic E-state index is 1.10. The lowest BCUT2D eigenvalue weighted by molar-refractivity contribution is 1.11. The molecule has 0 amide bonds. The molecule has 0 N–H and O–H groups in total. The first-order valence-corrected chi connectivity index (χ1v) is 6.03. The lowest BCUT2D eigenvalue weighted by atomic mass is 10.1. The molecule has 0 radical (unpaired) electrons. The Labute approximate surface area is 92.4 Å². The molecule has 0 aliphatic rings. The molecule has 0 aliphatic heterocycles.